The van der Waals surface area contributed by atoms with Gasteiger partial charge in [0.2, 0.25) is 0 Å². The SMILES string of the molecule is Cc1ccc(C(=O)Nc2ccc(CCCCCN3CCOCC3)c(C(F)(F)F)c2)cc1C#Cc1cnc(N)c(C)c1. The molecule has 216 valence electrons. The molecular formula is C32H35F3N4O2. The number of aromatic nitrogens is 1. The topological polar surface area (TPSA) is 80.5 Å². The first-order valence-electron chi connectivity index (χ1n) is 13.8. The first kappa shape index (κ1) is 30.1. The summed E-state index contributed by atoms with van der Waals surface area (Å²) in [5, 5.41) is 2.62. The number of aryl methyl sites for hydroxylation is 3. The number of carbonyl (C=O) groups excluding carboxylic acids is 1. The number of morpholine rings is 1. The fourth-order valence-electron chi connectivity index (χ4n) is 4.68. The minimum absolute atomic E-state index is 0.0926. The Labute approximate surface area is 239 Å². The van der Waals surface area contributed by atoms with Gasteiger partial charge in [-0.3, -0.25) is 9.69 Å². The van der Waals surface area contributed by atoms with E-state index < -0.39 is 17.6 Å². The van der Waals surface area contributed by atoms with Gasteiger partial charge in [0.1, 0.15) is 5.82 Å². The lowest BCUT2D eigenvalue weighted by Crippen LogP contribution is -2.36. The second-order valence-corrected chi connectivity index (χ2v) is 10.3. The molecule has 0 atom stereocenters. The third-order valence-corrected chi connectivity index (χ3v) is 7.16. The van der Waals surface area contributed by atoms with Crippen LogP contribution in [-0.4, -0.2) is 48.6 Å². The van der Waals surface area contributed by atoms with Crippen molar-refractivity contribution < 1.29 is 22.7 Å². The normalized spacial score (nSPS) is 13.9. The number of nitrogens with one attached hydrogen (secondary N) is 1. The smallest absolute Gasteiger partial charge is 0.383 e. The van der Waals surface area contributed by atoms with Gasteiger partial charge in [-0.1, -0.05) is 30.4 Å². The molecule has 3 N–H and O–H groups in total. The van der Waals surface area contributed by atoms with Crippen LogP contribution < -0.4 is 11.1 Å². The molecule has 2 aromatic carbocycles. The highest BCUT2D eigenvalue weighted by molar-refractivity contribution is 6.04. The Kier molecular flexibility index (Phi) is 10.0. The molecule has 1 aromatic heterocycles. The van der Waals surface area contributed by atoms with Crippen LogP contribution in [0, 0.1) is 25.7 Å². The van der Waals surface area contributed by atoms with Crippen LogP contribution >= 0.6 is 0 Å². The molecule has 6 nitrogen and oxygen atoms in total. The average Bonchev–Trinajstić information content (AvgIpc) is 2.94. The van der Waals surface area contributed by atoms with Crippen LogP contribution in [-0.2, 0) is 17.3 Å². The van der Waals surface area contributed by atoms with Crippen LogP contribution in [0.15, 0.2) is 48.7 Å². The van der Waals surface area contributed by atoms with Gasteiger partial charge < -0.3 is 15.8 Å². The molecule has 0 unspecified atom stereocenters. The molecule has 1 amide bonds. The third-order valence-electron chi connectivity index (χ3n) is 7.16. The third kappa shape index (κ3) is 8.56. The monoisotopic (exact) mass is 564 g/mol. The molecule has 1 aliphatic rings. The molecule has 1 saturated heterocycles. The zero-order valence-corrected chi connectivity index (χ0v) is 23.4. The Balaban J connectivity index is 1.41. The molecule has 2 heterocycles. The van der Waals surface area contributed by atoms with Gasteiger partial charge in [0.15, 0.2) is 0 Å². The molecule has 4 rings (SSSR count). The van der Waals surface area contributed by atoms with Crippen LogP contribution in [0.5, 0.6) is 0 Å². The standard InChI is InChI=1S/C32H35F3N4O2/c1-22-7-9-27(19-26(22)10-8-24-18-23(2)30(36)37-21-24)31(40)38-28-12-11-25(29(20-28)32(33,34)35)6-4-3-5-13-39-14-16-41-17-15-39/h7,9,11-12,18-21H,3-6,13-17H2,1-2H3,(H2,36,37)(H,38,40). The van der Waals surface area contributed by atoms with Crippen molar-refractivity contribution in [3.05, 3.63) is 87.6 Å². The number of carbonyl (C=O) groups is 1. The van der Waals surface area contributed by atoms with Crippen LogP contribution in [0.2, 0.25) is 0 Å². The number of ether oxygens (including phenoxy) is 1. The predicted molar refractivity (Wildman–Crippen MR) is 155 cm³/mol. The summed E-state index contributed by atoms with van der Waals surface area (Å²) in [7, 11) is 0. The molecule has 1 fully saturated rings. The molecule has 0 saturated carbocycles. The summed E-state index contributed by atoms with van der Waals surface area (Å²) >= 11 is 0. The van der Waals surface area contributed by atoms with E-state index in [1.165, 1.54) is 12.1 Å². The lowest BCUT2D eigenvalue weighted by molar-refractivity contribution is -0.138. The number of alkyl halides is 3. The van der Waals surface area contributed by atoms with Crippen molar-refractivity contribution in [3.63, 3.8) is 0 Å². The summed E-state index contributed by atoms with van der Waals surface area (Å²) < 4.78 is 47.1. The largest absolute Gasteiger partial charge is 0.416 e. The summed E-state index contributed by atoms with van der Waals surface area (Å²) in [6, 6.07) is 10.9. The summed E-state index contributed by atoms with van der Waals surface area (Å²) in [6.45, 7) is 7.93. The van der Waals surface area contributed by atoms with Gasteiger partial charge >= 0.3 is 6.18 Å². The number of hydrogen-bond acceptors (Lipinski definition) is 5. The van der Waals surface area contributed by atoms with Gasteiger partial charge in [0.05, 0.1) is 18.8 Å². The molecule has 0 bridgehead atoms. The van der Waals surface area contributed by atoms with E-state index >= 15 is 0 Å². The number of nitrogens with two attached hydrogens (primary N) is 1. The fraction of sp³-hybridized carbons (Fsp3) is 0.375. The first-order valence-corrected chi connectivity index (χ1v) is 13.8. The van der Waals surface area contributed by atoms with E-state index in [-0.39, 0.29) is 11.3 Å². The summed E-state index contributed by atoms with van der Waals surface area (Å²) in [5.41, 5.74) is 8.67. The van der Waals surface area contributed by atoms with Crippen molar-refractivity contribution in [1.82, 2.24) is 9.88 Å². The van der Waals surface area contributed by atoms with Crippen molar-refractivity contribution in [2.75, 3.05) is 43.9 Å². The van der Waals surface area contributed by atoms with Crippen LogP contribution in [0.3, 0.4) is 0 Å². The number of halogens is 3. The van der Waals surface area contributed by atoms with E-state index in [1.54, 1.807) is 24.4 Å². The fourth-order valence-corrected chi connectivity index (χ4v) is 4.68. The minimum Gasteiger partial charge on any atom is -0.383 e. The van der Waals surface area contributed by atoms with Crippen molar-refractivity contribution >= 4 is 17.4 Å². The van der Waals surface area contributed by atoms with E-state index in [0.717, 1.165) is 62.9 Å². The average molecular weight is 565 g/mol. The summed E-state index contributed by atoms with van der Waals surface area (Å²) in [4.78, 5) is 19.4. The quantitative estimate of drug-likeness (QED) is 0.259. The molecule has 0 radical (unpaired) electrons. The molecule has 3 aromatic rings. The van der Waals surface area contributed by atoms with E-state index in [1.807, 2.05) is 19.9 Å². The zero-order chi connectivity index (χ0) is 29.4. The summed E-state index contributed by atoms with van der Waals surface area (Å²) in [5.74, 6) is 6.00. The Morgan fingerprint density at radius 2 is 1.80 bits per heavy atom. The maximum atomic E-state index is 13.9. The van der Waals surface area contributed by atoms with Crippen molar-refractivity contribution in [2.24, 2.45) is 0 Å². The summed E-state index contributed by atoms with van der Waals surface area (Å²) in [6.07, 6.45) is -0.164. The van der Waals surface area contributed by atoms with Gasteiger partial charge in [0, 0.05) is 41.7 Å². The Bertz CT molecular complexity index is 1440. The van der Waals surface area contributed by atoms with Gasteiger partial charge in [-0.05, 0) is 86.7 Å². The Hall–Kier alpha value is -3.87. The number of unbranched alkanes of at least 4 members (excludes halogenated alkanes) is 2. The molecule has 1 aliphatic heterocycles. The van der Waals surface area contributed by atoms with Crippen LogP contribution in [0.4, 0.5) is 24.7 Å². The zero-order valence-electron chi connectivity index (χ0n) is 23.4. The molecule has 41 heavy (non-hydrogen) atoms. The molecule has 0 aliphatic carbocycles. The second-order valence-electron chi connectivity index (χ2n) is 10.3. The maximum Gasteiger partial charge on any atom is 0.416 e. The highest BCUT2D eigenvalue weighted by Crippen LogP contribution is 2.35. The number of hydrogen-bond donors (Lipinski definition) is 2. The highest BCUT2D eigenvalue weighted by Gasteiger charge is 2.33. The number of rotatable bonds is 8. The highest BCUT2D eigenvalue weighted by atomic mass is 19.4. The second kappa shape index (κ2) is 13.7. The van der Waals surface area contributed by atoms with Crippen molar-refractivity contribution in [3.8, 4) is 11.8 Å². The number of amides is 1. The van der Waals surface area contributed by atoms with Gasteiger partial charge in [-0.25, -0.2) is 4.98 Å². The first-order chi connectivity index (χ1) is 19.6. The van der Waals surface area contributed by atoms with Crippen LogP contribution in [0.1, 0.15) is 63.0 Å². The predicted octanol–water partition coefficient (Wildman–Crippen LogP) is 6.00. The minimum atomic E-state index is -4.52. The Morgan fingerprint density at radius 3 is 2.54 bits per heavy atom. The molecule has 9 heteroatoms. The number of nitrogens with zero attached hydrogens (tertiary/aromatic N) is 2. The number of benzene rings is 2. The van der Waals surface area contributed by atoms with Crippen molar-refractivity contribution in [2.45, 2.75) is 45.7 Å². The maximum absolute atomic E-state index is 13.9. The van der Waals surface area contributed by atoms with Gasteiger partial charge in [-0.15, -0.1) is 0 Å². The lowest BCUT2D eigenvalue weighted by atomic mass is 9.99. The number of anilines is 2. The number of pyridine rings is 1. The lowest BCUT2D eigenvalue weighted by Gasteiger charge is -2.26. The van der Waals surface area contributed by atoms with Crippen molar-refractivity contribution in [1.29, 1.82) is 0 Å². The van der Waals surface area contributed by atoms with Gasteiger partial charge in [0.25, 0.3) is 5.91 Å². The number of nitrogen functional groups attached to an aromatic ring is 1. The van der Waals surface area contributed by atoms with E-state index in [4.69, 9.17) is 10.5 Å². The van der Waals surface area contributed by atoms with E-state index in [2.05, 4.69) is 27.0 Å². The molecular weight excluding hydrogens is 529 g/mol. The van der Waals surface area contributed by atoms with Gasteiger partial charge in [-0.2, -0.15) is 13.2 Å². The molecule has 0 spiro atoms. The van der Waals surface area contributed by atoms with E-state index in [9.17, 15) is 18.0 Å². The van der Waals surface area contributed by atoms with E-state index in [0.29, 0.717) is 35.3 Å². The van der Waals surface area contributed by atoms with Crippen LogP contribution in [0.25, 0.3) is 0 Å². The Morgan fingerprint density at radius 1 is 1.02 bits per heavy atom.